The summed E-state index contributed by atoms with van der Waals surface area (Å²) in [7, 11) is -3.35. The first kappa shape index (κ1) is 31.0. The fourth-order valence-corrected chi connectivity index (χ4v) is 9.27. The molecule has 0 aliphatic heterocycles. The molecule has 0 saturated heterocycles. The SMILES string of the molecule is CC(C)(C1=CC[C-]=C1[Si](C)(C)CCO)C1=CC[C-]=C1[Si](C)(C)CCO.[Cl-].[Cl-].[Zr+4]. The van der Waals surface area contributed by atoms with Crippen LogP contribution in [-0.4, -0.2) is 39.6 Å². The van der Waals surface area contributed by atoms with Gasteiger partial charge in [-0.25, -0.2) is 21.5 Å². The van der Waals surface area contributed by atoms with E-state index in [1.807, 2.05) is 0 Å². The van der Waals surface area contributed by atoms with Crippen molar-refractivity contribution in [1.82, 2.24) is 0 Å². The molecule has 0 fully saturated rings. The van der Waals surface area contributed by atoms with E-state index in [1.54, 1.807) is 0 Å². The monoisotopic (exact) mass is 534 g/mol. The van der Waals surface area contributed by atoms with Gasteiger partial charge in [0.2, 0.25) is 0 Å². The largest absolute Gasteiger partial charge is 4.00 e. The maximum Gasteiger partial charge on any atom is 4.00 e. The zero-order chi connectivity index (χ0) is 18.9. The first-order chi connectivity index (χ1) is 11.6. The predicted octanol–water partition coefficient (Wildman–Crippen LogP) is -1.38. The zero-order valence-electron chi connectivity index (χ0n) is 18.0. The van der Waals surface area contributed by atoms with Gasteiger partial charge >= 0.3 is 26.2 Å². The van der Waals surface area contributed by atoms with Crippen molar-refractivity contribution in [1.29, 1.82) is 0 Å². The van der Waals surface area contributed by atoms with Crippen LogP contribution < -0.4 is 24.8 Å². The Morgan fingerprint density at radius 2 is 1.14 bits per heavy atom. The van der Waals surface area contributed by atoms with Gasteiger partial charge in [-0.2, -0.15) is 12.2 Å². The Morgan fingerprint density at radius 3 is 1.43 bits per heavy atom. The van der Waals surface area contributed by atoms with Crippen LogP contribution in [-0.2, 0) is 26.2 Å². The van der Waals surface area contributed by atoms with Crippen LogP contribution in [0.25, 0.3) is 0 Å². The molecular formula is C21H34Cl2O2Si2Zr. The van der Waals surface area contributed by atoms with Crippen LogP contribution in [0.1, 0.15) is 26.7 Å². The van der Waals surface area contributed by atoms with Crippen LogP contribution in [0, 0.1) is 17.6 Å². The smallest absolute Gasteiger partial charge is 1.00 e. The van der Waals surface area contributed by atoms with Gasteiger partial charge in [0.05, 0.1) is 0 Å². The van der Waals surface area contributed by atoms with Gasteiger partial charge in [0.25, 0.3) is 0 Å². The summed E-state index contributed by atoms with van der Waals surface area (Å²) in [6, 6.07) is 1.78. The molecule has 7 heteroatoms. The van der Waals surface area contributed by atoms with Crippen LogP contribution >= 0.6 is 0 Å². The molecule has 2 aliphatic carbocycles. The molecule has 0 aromatic rings. The first-order valence-corrected chi connectivity index (χ1v) is 15.9. The molecule has 0 radical (unpaired) electrons. The van der Waals surface area contributed by atoms with Gasteiger partial charge in [0.15, 0.2) is 0 Å². The summed E-state index contributed by atoms with van der Waals surface area (Å²) in [5.74, 6) is 0. The summed E-state index contributed by atoms with van der Waals surface area (Å²) in [5.41, 5.74) is 2.77. The van der Waals surface area contributed by atoms with E-state index in [2.05, 4.69) is 64.3 Å². The molecule has 0 heterocycles. The quantitative estimate of drug-likeness (QED) is 0.297. The van der Waals surface area contributed by atoms with Crippen molar-refractivity contribution < 1.29 is 61.2 Å². The Labute approximate surface area is 205 Å². The summed E-state index contributed by atoms with van der Waals surface area (Å²) < 4.78 is 0. The molecule has 0 aromatic carbocycles. The van der Waals surface area contributed by atoms with Crippen LogP contribution in [0.3, 0.4) is 0 Å². The number of hydrogen-bond acceptors (Lipinski definition) is 2. The summed E-state index contributed by atoms with van der Waals surface area (Å²) in [4.78, 5) is 0. The number of hydrogen-bond donors (Lipinski definition) is 2. The number of halogens is 2. The number of rotatable bonds is 8. The number of aliphatic hydroxyl groups is 2. The topological polar surface area (TPSA) is 40.5 Å². The molecule has 0 spiro atoms. The van der Waals surface area contributed by atoms with Gasteiger partial charge in [-0.3, -0.25) is 12.2 Å². The van der Waals surface area contributed by atoms with Gasteiger partial charge in [-0.1, -0.05) is 40.0 Å². The molecule has 28 heavy (non-hydrogen) atoms. The summed E-state index contributed by atoms with van der Waals surface area (Å²) in [6.07, 6.45) is 13.7. The third-order valence-electron chi connectivity index (χ3n) is 5.88. The zero-order valence-corrected chi connectivity index (χ0v) is 24.0. The third-order valence-corrected chi connectivity index (χ3v) is 12.4. The average Bonchev–Trinajstić information content (AvgIpc) is 3.17. The average molecular weight is 537 g/mol. The normalized spacial score (nSPS) is 16.9. The van der Waals surface area contributed by atoms with Crippen molar-refractivity contribution in [2.75, 3.05) is 13.2 Å². The van der Waals surface area contributed by atoms with E-state index in [1.165, 1.54) is 21.5 Å². The van der Waals surface area contributed by atoms with Gasteiger partial charge in [0, 0.05) is 29.4 Å². The molecule has 0 bridgehead atoms. The van der Waals surface area contributed by atoms with Crippen LogP contribution in [0.2, 0.25) is 38.3 Å². The van der Waals surface area contributed by atoms with Gasteiger partial charge in [-0.15, -0.1) is 18.3 Å². The van der Waals surface area contributed by atoms with E-state index in [4.69, 9.17) is 0 Å². The van der Waals surface area contributed by atoms with Crippen molar-refractivity contribution in [2.45, 2.75) is 65.0 Å². The van der Waals surface area contributed by atoms with Crippen molar-refractivity contribution >= 4 is 16.1 Å². The molecule has 2 aliphatic rings. The maximum atomic E-state index is 9.50. The van der Waals surface area contributed by atoms with Crippen molar-refractivity contribution in [3.63, 3.8) is 0 Å². The molecular weight excluding hydrogens is 503 g/mol. The fourth-order valence-electron chi connectivity index (χ4n) is 4.20. The van der Waals surface area contributed by atoms with Crippen LogP contribution in [0.5, 0.6) is 0 Å². The second-order valence-electron chi connectivity index (χ2n) is 9.09. The van der Waals surface area contributed by atoms with Gasteiger partial charge < -0.3 is 35.0 Å². The third kappa shape index (κ3) is 6.39. The van der Waals surface area contributed by atoms with Crippen molar-refractivity contribution in [2.24, 2.45) is 5.41 Å². The Kier molecular flexibility index (Phi) is 13.2. The molecule has 0 atom stereocenters. The number of aliphatic hydroxyl groups excluding tert-OH is 2. The standard InChI is InChI=1S/C21H34O2Si2.2ClH.Zr/c1-21(2,17-9-7-11-19(17)24(3,4)15-13-22)18-10-8-12-20(18)25(5,6)16-14-23;;;/h9-10,22-23H,7-8,13-16H2,1-6H3;2*1H;/q-2;;;+4/p-2. The Hall–Kier alpha value is 0.777. The Bertz CT molecular complexity index is 597. The summed E-state index contributed by atoms with van der Waals surface area (Å²) in [6.45, 7) is 14.6. The first-order valence-electron chi connectivity index (χ1n) is 9.44. The van der Waals surface area contributed by atoms with Crippen molar-refractivity contribution in [3.8, 4) is 0 Å². The van der Waals surface area contributed by atoms with E-state index < -0.39 is 16.1 Å². The van der Waals surface area contributed by atoms with E-state index >= 15 is 0 Å². The second kappa shape index (κ2) is 12.0. The molecule has 0 aromatic heterocycles. The molecule has 2 nitrogen and oxygen atoms in total. The fraction of sp³-hybridized carbons (Fsp3) is 0.619. The van der Waals surface area contributed by atoms with Gasteiger partial charge in [0.1, 0.15) is 0 Å². The van der Waals surface area contributed by atoms with Crippen LogP contribution in [0.4, 0.5) is 0 Å². The summed E-state index contributed by atoms with van der Waals surface area (Å²) in [5, 5.41) is 21.8. The molecule has 0 saturated carbocycles. The molecule has 2 N–H and O–H groups in total. The maximum absolute atomic E-state index is 9.50. The van der Waals surface area contributed by atoms with Crippen LogP contribution in [0.15, 0.2) is 33.7 Å². The number of allylic oxidation sites excluding steroid dienone is 8. The van der Waals surface area contributed by atoms with E-state index in [-0.39, 0.29) is 69.6 Å². The Morgan fingerprint density at radius 1 is 0.821 bits per heavy atom. The minimum atomic E-state index is -1.68. The van der Waals surface area contributed by atoms with Gasteiger partial charge in [-0.05, 0) is 12.1 Å². The predicted molar refractivity (Wildman–Crippen MR) is 111 cm³/mol. The molecule has 156 valence electrons. The van der Waals surface area contributed by atoms with E-state index in [9.17, 15) is 10.2 Å². The van der Waals surface area contributed by atoms with E-state index in [0.29, 0.717) is 0 Å². The van der Waals surface area contributed by atoms with Crippen molar-refractivity contribution in [3.05, 3.63) is 45.8 Å². The minimum Gasteiger partial charge on any atom is -1.00 e. The van der Waals surface area contributed by atoms with E-state index in [0.717, 1.165) is 24.9 Å². The molecule has 0 unspecified atom stereocenters. The molecule has 2 rings (SSSR count). The molecule has 0 amide bonds. The second-order valence-corrected chi connectivity index (χ2v) is 18.6. The minimum absolute atomic E-state index is 0. The Balaban J connectivity index is 0. The summed E-state index contributed by atoms with van der Waals surface area (Å²) >= 11 is 0.